The van der Waals surface area contributed by atoms with Crippen LogP contribution in [0.5, 0.6) is 0 Å². The normalized spacial score (nSPS) is 12.6. The van der Waals surface area contributed by atoms with Gasteiger partial charge in [0, 0.05) is 12.2 Å². The van der Waals surface area contributed by atoms with Gasteiger partial charge in [0.05, 0.1) is 17.1 Å². The van der Waals surface area contributed by atoms with Gasteiger partial charge in [-0.3, -0.25) is 4.68 Å². The molecule has 0 fully saturated rings. The largest absolute Gasteiger partial charge is 0.268 e. The van der Waals surface area contributed by atoms with Crippen LogP contribution in [0.15, 0.2) is 35.2 Å². The molecule has 0 spiro atoms. The van der Waals surface area contributed by atoms with E-state index in [0.29, 0.717) is 18.0 Å². The summed E-state index contributed by atoms with van der Waals surface area (Å²) in [6.45, 7) is 11.0. The zero-order chi connectivity index (χ0) is 17.3. The molecule has 1 N–H and O–H groups in total. The summed E-state index contributed by atoms with van der Waals surface area (Å²) in [5.74, 6) is 0. The molecule has 0 radical (unpaired) electrons. The van der Waals surface area contributed by atoms with Crippen molar-refractivity contribution in [1.82, 2.24) is 14.5 Å². The van der Waals surface area contributed by atoms with Gasteiger partial charge in [-0.25, -0.2) is 13.1 Å². The highest BCUT2D eigenvalue weighted by atomic mass is 32.2. The Morgan fingerprint density at radius 2 is 1.74 bits per heavy atom. The standard InChI is InChI=1S/C17H25N3O2S/c1-13-12-14(2)20(19-13)11-10-18-23(21,22)16-8-6-15(7-9-16)17(3,4)5/h6-9,12,18H,10-11H2,1-5H3. The highest BCUT2D eigenvalue weighted by Gasteiger charge is 2.17. The first kappa shape index (κ1) is 17.7. The Morgan fingerprint density at radius 1 is 1.13 bits per heavy atom. The first-order valence-electron chi connectivity index (χ1n) is 7.71. The molecule has 0 aliphatic rings. The molecule has 1 heterocycles. The summed E-state index contributed by atoms with van der Waals surface area (Å²) < 4.78 is 29.1. The molecule has 5 nitrogen and oxygen atoms in total. The number of hydrogen-bond donors (Lipinski definition) is 1. The Morgan fingerprint density at radius 3 is 2.22 bits per heavy atom. The summed E-state index contributed by atoms with van der Waals surface area (Å²) in [4.78, 5) is 0.291. The number of aryl methyl sites for hydroxylation is 2. The molecule has 0 aliphatic heterocycles. The zero-order valence-electron chi connectivity index (χ0n) is 14.4. The lowest BCUT2D eigenvalue weighted by atomic mass is 9.87. The number of hydrogen-bond acceptors (Lipinski definition) is 3. The van der Waals surface area contributed by atoms with E-state index in [1.54, 1.807) is 16.8 Å². The van der Waals surface area contributed by atoms with Crippen molar-refractivity contribution < 1.29 is 8.42 Å². The van der Waals surface area contributed by atoms with Crippen molar-refractivity contribution in [3.63, 3.8) is 0 Å². The minimum absolute atomic E-state index is 0.00516. The topological polar surface area (TPSA) is 64.0 Å². The molecule has 1 aromatic carbocycles. The second-order valence-corrected chi connectivity index (χ2v) is 8.59. The fourth-order valence-electron chi connectivity index (χ4n) is 2.40. The van der Waals surface area contributed by atoms with Gasteiger partial charge in [0.2, 0.25) is 10.0 Å². The maximum absolute atomic E-state index is 12.3. The minimum Gasteiger partial charge on any atom is -0.268 e. The Bertz CT molecular complexity index is 769. The third kappa shape index (κ3) is 4.42. The van der Waals surface area contributed by atoms with Crippen LogP contribution in [-0.2, 0) is 22.0 Å². The van der Waals surface area contributed by atoms with Crippen LogP contribution in [0, 0.1) is 13.8 Å². The molecule has 0 atom stereocenters. The van der Waals surface area contributed by atoms with Crippen LogP contribution < -0.4 is 4.72 Å². The molecule has 2 rings (SSSR count). The fourth-order valence-corrected chi connectivity index (χ4v) is 3.43. The maximum Gasteiger partial charge on any atom is 0.240 e. The number of benzene rings is 1. The van der Waals surface area contributed by atoms with E-state index in [1.165, 1.54) is 0 Å². The van der Waals surface area contributed by atoms with E-state index in [1.807, 2.05) is 32.0 Å². The van der Waals surface area contributed by atoms with Crippen LogP contribution in [-0.4, -0.2) is 24.7 Å². The molecule has 0 unspecified atom stereocenters. The molecular weight excluding hydrogens is 310 g/mol. The maximum atomic E-state index is 12.3. The minimum atomic E-state index is -3.49. The van der Waals surface area contributed by atoms with Gasteiger partial charge >= 0.3 is 0 Å². The summed E-state index contributed by atoms with van der Waals surface area (Å²) in [6, 6.07) is 9.03. The first-order chi connectivity index (χ1) is 10.6. The van der Waals surface area contributed by atoms with Gasteiger partial charge in [-0.05, 0) is 43.0 Å². The second kappa shape index (κ2) is 6.45. The van der Waals surface area contributed by atoms with Crippen LogP contribution in [0.2, 0.25) is 0 Å². The van der Waals surface area contributed by atoms with Crippen LogP contribution in [0.4, 0.5) is 0 Å². The zero-order valence-corrected chi connectivity index (χ0v) is 15.2. The van der Waals surface area contributed by atoms with E-state index in [-0.39, 0.29) is 5.41 Å². The summed E-state index contributed by atoms with van der Waals surface area (Å²) in [5.41, 5.74) is 3.07. The van der Waals surface area contributed by atoms with Crippen LogP contribution in [0.3, 0.4) is 0 Å². The molecule has 0 saturated carbocycles. The van der Waals surface area contributed by atoms with Crippen molar-refractivity contribution in [2.75, 3.05) is 6.54 Å². The number of sulfonamides is 1. The molecule has 0 saturated heterocycles. The van der Waals surface area contributed by atoms with Crippen molar-refractivity contribution in [3.8, 4) is 0 Å². The van der Waals surface area contributed by atoms with Gasteiger partial charge in [-0.15, -0.1) is 0 Å². The highest BCUT2D eigenvalue weighted by molar-refractivity contribution is 7.89. The molecule has 0 aliphatic carbocycles. The number of rotatable bonds is 5. The molecule has 126 valence electrons. The summed E-state index contributed by atoms with van der Waals surface area (Å²) in [6.07, 6.45) is 0. The summed E-state index contributed by atoms with van der Waals surface area (Å²) >= 11 is 0. The Hall–Kier alpha value is -1.66. The summed E-state index contributed by atoms with van der Waals surface area (Å²) in [5, 5.41) is 4.32. The van der Waals surface area contributed by atoms with Gasteiger partial charge in [0.1, 0.15) is 0 Å². The van der Waals surface area contributed by atoms with E-state index in [4.69, 9.17) is 0 Å². The van der Waals surface area contributed by atoms with Gasteiger partial charge in [0.25, 0.3) is 0 Å². The van der Waals surface area contributed by atoms with Crippen LogP contribution in [0.1, 0.15) is 37.7 Å². The van der Waals surface area contributed by atoms with Gasteiger partial charge < -0.3 is 0 Å². The molecule has 1 aromatic heterocycles. The van der Waals surface area contributed by atoms with Crippen molar-refractivity contribution in [3.05, 3.63) is 47.3 Å². The molecule has 6 heteroatoms. The van der Waals surface area contributed by atoms with E-state index in [9.17, 15) is 8.42 Å². The summed E-state index contributed by atoms with van der Waals surface area (Å²) in [7, 11) is -3.49. The molecule has 23 heavy (non-hydrogen) atoms. The lowest BCUT2D eigenvalue weighted by molar-refractivity contribution is 0.554. The lowest BCUT2D eigenvalue weighted by Gasteiger charge is -2.19. The van der Waals surface area contributed by atoms with Gasteiger partial charge in [-0.1, -0.05) is 32.9 Å². The monoisotopic (exact) mass is 335 g/mol. The third-order valence-electron chi connectivity index (χ3n) is 3.75. The number of nitrogens with one attached hydrogen (secondary N) is 1. The number of aromatic nitrogens is 2. The molecule has 2 aromatic rings. The Kier molecular flexibility index (Phi) is 4.96. The Balaban J connectivity index is 2.03. The van der Waals surface area contributed by atoms with E-state index < -0.39 is 10.0 Å². The first-order valence-corrected chi connectivity index (χ1v) is 9.19. The molecular formula is C17H25N3O2S. The van der Waals surface area contributed by atoms with Crippen LogP contribution in [0.25, 0.3) is 0 Å². The number of nitrogens with zero attached hydrogens (tertiary/aromatic N) is 2. The van der Waals surface area contributed by atoms with Crippen molar-refractivity contribution in [1.29, 1.82) is 0 Å². The van der Waals surface area contributed by atoms with Gasteiger partial charge in [-0.2, -0.15) is 5.10 Å². The van der Waals surface area contributed by atoms with Crippen LogP contribution >= 0.6 is 0 Å². The molecule has 0 amide bonds. The average Bonchev–Trinajstić information content (AvgIpc) is 2.76. The smallest absolute Gasteiger partial charge is 0.240 e. The van der Waals surface area contributed by atoms with E-state index in [2.05, 4.69) is 30.6 Å². The predicted molar refractivity (Wildman–Crippen MR) is 92.0 cm³/mol. The fraction of sp³-hybridized carbons (Fsp3) is 0.471. The predicted octanol–water partition coefficient (Wildman–Crippen LogP) is 2.78. The highest BCUT2D eigenvalue weighted by Crippen LogP contribution is 2.23. The molecule has 0 bridgehead atoms. The average molecular weight is 335 g/mol. The van der Waals surface area contributed by atoms with Gasteiger partial charge in [0.15, 0.2) is 0 Å². The lowest BCUT2D eigenvalue weighted by Crippen LogP contribution is -2.28. The van der Waals surface area contributed by atoms with Crippen molar-refractivity contribution in [2.45, 2.75) is 51.5 Å². The third-order valence-corrected chi connectivity index (χ3v) is 5.23. The van der Waals surface area contributed by atoms with Crippen molar-refractivity contribution in [2.24, 2.45) is 0 Å². The Labute approximate surface area is 138 Å². The van der Waals surface area contributed by atoms with E-state index >= 15 is 0 Å². The van der Waals surface area contributed by atoms with Crippen molar-refractivity contribution >= 4 is 10.0 Å². The second-order valence-electron chi connectivity index (χ2n) is 6.82. The SMILES string of the molecule is Cc1cc(C)n(CCNS(=O)(=O)c2ccc(C(C)(C)C)cc2)n1. The quantitative estimate of drug-likeness (QED) is 0.914. The van der Waals surface area contributed by atoms with E-state index in [0.717, 1.165) is 17.0 Å².